The minimum absolute atomic E-state index is 0.454. The van der Waals surface area contributed by atoms with E-state index in [1.165, 1.54) is 36.8 Å². The van der Waals surface area contributed by atoms with E-state index in [-0.39, 0.29) is 0 Å². The highest BCUT2D eigenvalue weighted by Gasteiger charge is 2.23. The molecular weight excluding hydrogens is 376 g/mol. The maximum absolute atomic E-state index is 13.6. The van der Waals surface area contributed by atoms with Gasteiger partial charge in [0.15, 0.2) is 0 Å². The second-order valence-electron chi connectivity index (χ2n) is 8.27. The summed E-state index contributed by atoms with van der Waals surface area (Å²) >= 11 is 0. The molecule has 2 fully saturated rings. The fourth-order valence-electron chi connectivity index (χ4n) is 4.56. The van der Waals surface area contributed by atoms with Crippen molar-refractivity contribution in [3.63, 3.8) is 0 Å². The van der Waals surface area contributed by atoms with E-state index in [0.29, 0.717) is 22.6 Å². The normalized spacial score (nSPS) is 17.0. The minimum atomic E-state index is -3.55. The van der Waals surface area contributed by atoms with E-state index in [1.807, 2.05) is 36.4 Å². The number of benzene rings is 2. The van der Waals surface area contributed by atoms with Crippen molar-refractivity contribution >= 4 is 9.84 Å². The van der Waals surface area contributed by atoms with Crippen LogP contribution in [0.2, 0.25) is 0 Å². The molecule has 0 N–H and O–H groups in total. The molecule has 0 aromatic heterocycles. The monoisotopic (exact) mass is 406 g/mol. The maximum atomic E-state index is 13.6. The Labute approximate surface area is 175 Å². The second-order valence-corrected chi connectivity index (χ2v) is 10.2. The molecule has 2 saturated carbocycles. The lowest BCUT2D eigenvalue weighted by atomic mass is 10.1. The molecule has 0 atom stereocenters. The molecule has 0 aliphatic heterocycles. The Bertz CT molecular complexity index is 935. The van der Waals surface area contributed by atoms with E-state index < -0.39 is 9.84 Å². The first-order valence-electron chi connectivity index (χ1n) is 10.9. The van der Waals surface area contributed by atoms with Crippen LogP contribution in [0.1, 0.15) is 62.5 Å². The summed E-state index contributed by atoms with van der Waals surface area (Å²) in [6.07, 6.45) is 15.5. The zero-order valence-electron chi connectivity index (χ0n) is 17.1. The van der Waals surface area contributed by atoms with Gasteiger partial charge in [0.1, 0.15) is 0 Å². The summed E-state index contributed by atoms with van der Waals surface area (Å²) in [4.78, 5) is 0.909. The van der Waals surface area contributed by atoms with Gasteiger partial charge in [0.2, 0.25) is 9.84 Å². The molecule has 29 heavy (non-hydrogen) atoms. The number of hydrogen-bond acceptors (Lipinski definition) is 2. The minimum Gasteiger partial charge on any atom is -0.218 e. The Morgan fingerprint density at radius 3 is 1.41 bits per heavy atom. The molecule has 0 unspecified atom stereocenters. The summed E-state index contributed by atoms with van der Waals surface area (Å²) in [5.74, 6) is 0. The van der Waals surface area contributed by atoms with Crippen LogP contribution in [0.25, 0.3) is 0 Å². The van der Waals surface area contributed by atoms with E-state index in [2.05, 4.69) is 12.2 Å². The number of sulfone groups is 1. The average Bonchev–Trinajstić information content (AvgIpc) is 3.45. The Balaban J connectivity index is 1.65. The van der Waals surface area contributed by atoms with Crippen LogP contribution < -0.4 is 0 Å². The van der Waals surface area contributed by atoms with Crippen molar-refractivity contribution < 1.29 is 8.42 Å². The van der Waals surface area contributed by atoms with Crippen LogP contribution in [0.5, 0.6) is 0 Å². The number of hydrogen-bond donors (Lipinski definition) is 0. The molecule has 2 aliphatic rings. The molecule has 3 heteroatoms. The first kappa shape index (κ1) is 20.2. The Morgan fingerprint density at radius 1 is 0.621 bits per heavy atom. The van der Waals surface area contributed by atoms with Gasteiger partial charge >= 0.3 is 0 Å². The average molecular weight is 407 g/mol. The smallest absolute Gasteiger partial charge is 0.207 e. The Kier molecular flexibility index (Phi) is 6.34. The predicted molar refractivity (Wildman–Crippen MR) is 119 cm³/mol. The van der Waals surface area contributed by atoms with Gasteiger partial charge in [-0.3, -0.25) is 0 Å². The molecule has 0 radical (unpaired) electrons. The third-order valence-corrected chi connectivity index (χ3v) is 8.19. The van der Waals surface area contributed by atoms with Crippen LogP contribution in [-0.4, -0.2) is 8.42 Å². The molecule has 0 spiro atoms. The molecule has 0 amide bonds. The molecule has 0 heterocycles. The quantitative estimate of drug-likeness (QED) is 0.506. The van der Waals surface area contributed by atoms with Gasteiger partial charge in [-0.15, -0.1) is 0 Å². The maximum Gasteiger partial charge on any atom is 0.207 e. The molecule has 2 aliphatic carbocycles. The highest BCUT2D eigenvalue weighted by Crippen LogP contribution is 2.30. The Hall–Kier alpha value is -2.13. The third kappa shape index (κ3) is 4.72. The second kappa shape index (κ2) is 9.13. The lowest BCUT2D eigenvalue weighted by Crippen LogP contribution is -2.08. The first-order chi connectivity index (χ1) is 14.1. The molecule has 2 nitrogen and oxygen atoms in total. The summed E-state index contributed by atoms with van der Waals surface area (Å²) < 4.78 is 27.3. The topological polar surface area (TPSA) is 34.1 Å². The lowest BCUT2D eigenvalue weighted by Gasteiger charge is -2.13. The van der Waals surface area contributed by atoms with Crippen molar-refractivity contribution in [3.05, 3.63) is 83.0 Å². The zero-order chi connectivity index (χ0) is 20.1. The third-order valence-electron chi connectivity index (χ3n) is 6.24. The van der Waals surface area contributed by atoms with E-state index in [1.54, 1.807) is 12.1 Å². The van der Waals surface area contributed by atoms with Gasteiger partial charge in [-0.2, -0.15) is 0 Å². The van der Waals surface area contributed by atoms with E-state index in [4.69, 9.17) is 0 Å². The van der Waals surface area contributed by atoms with Crippen molar-refractivity contribution in [1.29, 1.82) is 0 Å². The summed E-state index contributed by atoms with van der Waals surface area (Å²) in [5, 5.41) is 0. The van der Waals surface area contributed by atoms with Gasteiger partial charge < -0.3 is 0 Å². The van der Waals surface area contributed by atoms with Gasteiger partial charge in [-0.1, -0.05) is 59.7 Å². The van der Waals surface area contributed by atoms with Gasteiger partial charge in [-0.25, -0.2) is 8.42 Å². The van der Waals surface area contributed by atoms with Gasteiger partial charge in [0.05, 0.1) is 9.79 Å². The zero-order valence-corrected chi connectivity index (χ0v) is 17.9. The lowest BCUT2D eigenvalue weighted by molar-refractivity contribution is 0.594. The van der Waals surface area contributed by atoms with Gasteiger partial charge in [0, 0.05) is 0 Å². The molecule has 2 aromatic carbocycles. The number of allylic oxidation sites excluding steroid dienone is 4. The van der Waals surface area contributed by atoms with Crippen molar-refractivity contribution in [1.82, 2.24) is 0 Å². The summed E-state index contributed by atoms with van der Waals surface area (Å²) in [7, 11) is -3.55. The molecule has 0 saturated heterocycles. The largest absolute Gasteiger partial charge is 0.218 e. The van der Waals surface area contributed by atoms with Gasteiger partial charge in [0.25, 0.3) is 0 Å². The summed E-state index contributed by atoms with van der Waals surface area (Å²) in [5.41, 5.74) is 4.74. The molecule has 0 bridgehead atoms. The van der Waals surface area contributed by atoms with E-state index in [0.717, 1.165) is 36.8 Å². The fourth-order valence-corrected chi connectivity index (χ4v) is 6.31. The van der Waals surface area contributed by atoms with Crippen LogP contribution in [0.4, 0.5) is 0 Å². The predicted octanol–water partition coefficient (Wildman–Crippen LogP) is 6.61. The van der Waals surface area contributed by atoms with Crippen LogP contribution in [0.15, 0.2) is 81.6 Å². The molecular formula is C26H30O2S. The van der Waals surface area contributed by atoms with Crippen LogP contribution in [0, 0.1) is 0 Å². The molecule has 4 rings (SSSR count). The van der Waals surface area contributed by atoms with Crippen molar-refractivity contribution in [2.24, 2.45) is 0 Å². The van der Waals surface area contributed by atoms with Crippen molar-refractivity contribution in [2.75, 3.05) is 0 Å². The van der Waals surface area contributed by atoms with E-state index >= 15 is 0 Å². The van der Waals surface area contributed by atoms with Crippen molar-refractivity contribution in [2.45, 2.75) is 74.0 Å². The summed E-state index contributed by atoms with van der Waals surface area (Å²) in [6.45, 7) is 0. The van der Waals surface area contributed by atoms with Crippen LogP contribution >= 0.6 is 0 Å². The standard InChI is InChI=1S/C26H30O2S/c27-29(28,25-15-7-5-13-23(25)19-17-21-9-1-2-10-21)26-16-8-6-14-24(26)20-18-22-11-3-4-12-22/h5-8,13-18H,1-4,9-12,19-20H2. The van der Waals surface area contributed by atoms with Crippen LogP contribution in [0.3, 0.4) is 0 Å². The van der Waals surface area contributed by atoms with E-state index in [9.17, 15) is 8.42 Å². The fraction of sp³-hybridized carbons (Fsp3) is 0.385. The molecule has 152 valence electrons. The Morgan fingerprint density at radius 2 is 1.00 bits per heavy atom. The molecule has 2 aromatic rings. The highest BCUT2D eigenvalue weighted by atomic mass is 32.2. The SMILES string of the molecule is O=S(=O)(c1ccccc1CC=C1CCCC1)c1ccccc1CC=C1CCCC1. The van der Waals surface area contributed by atoms with Crippen molar-refractivity contribution in [3.8, 4) is 0 Å². The summed E-state index contributed by atoms with van der Waals surface area (Å²) in [6, 6.07) is 15.0. The highest BCUT2D eigenvalue weighted by molar-refractivity contribution is 7.91. The first-order valence-corrected chi connectivity index (χ1v) is 12.4. The van der Waals surface area contributed by atoms with Gasteiger partial charge in [-0.05, 0) is 87.5 Å². The van der Waals surface area contributed by atoms with Crippen LogP contribution in [-0.2, 0) is 22.7 Å². The number of rotatable bonds is 6.